The highest BCUT2D eigenvalue weighted by molar-refractivity contribution is 6.09. The van der Waals surface area contributed by atoms with Crippen LogP contribution in [0.15, 0.2) is 69.9 Å². The lowest BCUT2D eigenvalue weighted by atomic mass is 10.1. The number of carbonyl (C=O) groups excluding carboxylic acids is 2. The maximum atomic E-state index is 12.6. The van der Waals surface area contributed by atoms with Gasteiger partial charge in [0.25, 0.3) is 5.91 Å². The van der Waals surface area contributed by atoms with E-state index < -0.39 is 0 Å². The largest absolute Gasteiger partial charge is 0.351 e. The smallest absolute Gasteiger partial charge is 0.251 e. The second-order valence-electron chi connectivity index (χ2n) is 9.40. The molecular weight excluding hydrogens is 482 g/mol. The summed E-state index contributed by atoms with van der Waals surface area (Å²) >= 11 is 0. The van der Waals surface area contributed by atoms with Gasteiger partial charge in [-0.1, -0.05) is 12.1 Å². The molecule has 11 heteroatoms. The minimum absolute atomic E-state index is 0.0186. The van der Waals surface area contributed by atoms with Crippen molar-refractivity contribution in [3.63, 3.8) is 0 Å². The number of guanidine groups is 2. The number of nitrogens with one attached hydrogen (secondary N) is 5. The molecule has 7 N–H and O–H groups in total. The van der Waals surface area contributed by atoms with E-state index in [-0.39, 0.29) is 11.8 Å². The van der Waals surface area contributed by atoms with E-state index in [0.29, 0.717) is 60.6 Å². The molecule has 0 spiro atoms. The number of carbonyl (C=O) groups is 2. The normalized spacial score (nSPS) is 17.7. The van der Waals surface area contributed by atoms with Crippen LogP contribution in [0, 0.1) is 0 Å². The van der Waals surface area contributed by atoms with E-state index in [0.717, 1.165) is 30.6 Å². The summed E-state index contributed by atoms with van der Waals surface area (Å²) < 4.78 is 0. The lowest BCUT2D eigenvalue weighted by Gasteiger charge is -2.21. The van der Waals surface area contributed by atoms with Crippen molar-refractivity contribution in [1.82, 2.24) is 15.5 Å². The molecule has 0 saturated carbocycles. The monoisotopic (exact) mass is 517 g/mol. The molecule has 0 atom stereocenters. The molecule has 0 radical (unpaired) electrons. The number of fused-ring (bicyclic) bond motifs is 3. The Morgan fingerprint density at radius 2 is 1.76 bits per heavy atom. The molecule has 200 valence electrons. The molecule has 0 aliphatic carbocycles. The van der Waals surface area contributed by atoms with Crippen LogP contribution in [0.5, 0.6) is 0 Å². The summed E-state index contributed by atoms with van der Waals surface area (Å²) in [6, 6.07) is 14.6. The minimum Gasteiger partial charge on any atom is -0.351 e. The number of benzene rings is 2. The summed E-state index contributed by atoms with van der Waals surface area (Å²) in [5.41, 5.74) is 9.69. The molecule has 0 unspecified atom stereocenters. The van der Waals surface area contributed by atoms with Gasteiger partial charge in [0.15, 0.2) is 0 Å². The minimum atomic E-state index is -0.141. The maximum absolute atomic E-state index is 12.6. The van der Waals surface area contributed by atoms with Crippen molar-refractivity contribution in [2.75, 3.05) is 49.7 Å². The van der Waals surface area contributed by atoms with Crippen LogP contribution in [0.1, 0.15) is 36.0 Å². The summed E-state index contributed by atoms with van der Waals surface area (Å²) in [7, 11) is 3.92. The van der Waals surface area contributed by atoms with Crippen molar-refractivity contribution >= 4 is 40.8 Å². The van der Waals surface area contributed by atoms with Crippen LogP contribution < -0.4 is 32.3 Å². The third-order valence-corrected chi connectivity index (χ3v) is 6.02. The molecule has 2 heterocycles. The van der Waals surface area contributed by atoms with Gasteiger partial charge in [-0.2, -0.15) is 9.98 Å². The molecular formula is C27H35N9O2. The summed E-state index contributed by atoms with van der Waals surface area (Å²) in [4.78, 5) is 36.2. The van der Waals surface area contributed by atoms with Gasteiger partial charge in [0, 0.05) is 48.7 Å². The van der Waals surface area contributed by atoms with E-state index in [1.807, 2.05) is 55.4 Å². The van der Waals surface area contributed by atoms with Crippen molar-refractivity contribution in [3.8, 4) is 0 Å². The predicted molar refractivity (Wildman–Crippen MR) is 152 cm³/mol. The van der Waals surface area contributed by atoms with Crippen molar-refractivity contribution in [2.24, 2.45) is 15.7 Å². The number of nitrogens with zero attached hydrogens (tertiary/aromatic N) is 3. The van der Waals surface area contributed by atoms with Gasteiger partial charge in [-0.05, 0) is 75.3 Å². The van der Waals surface area contributed by atoms with Crippen LogP contribution in [0.4, 0.5) is 17.1 Å². The van der Waals surface area contributed by atoms with Crippen LogP contribution in [0.3, 0.4) is 0 Å². The standard InChI is InChI=1S/C27H35N9O2/c1-36(2)14-13-29-25(38)18-8-5-9-20(15-18)31-26-33-24-19(17-28)7-3-4-12-23(37)30-21-10-6-11-22(16-21)32-27(34-24)35-26/h5-6,8-11,15-16H,3-4,7,12-14,17,28H2,1-2H3,(H,29,38)(H,30,37)(H3,31,32,33,34,35)/b24-19+. The molecule has 4 rings (SSSR count). The van der Waals surface area contributed by atoms with Crippen LogP contribution >= 0.6 is 0 Å². The van der Waals surface area contributed by atoms with Crippen LogP contribution in [-0.2, 0) is 4.79 Å². The average molecular weight is 518 g/mol. The highest BCUT2D eigenvalue weighted by atomic mass is 16.2. The van der Waals surface area contributed by atoms with Crippen molar-refractivity contribution in [1.29, 1.82) is 0 Å². The van der Waals surface area contributed by atoms with Gasteiger partial charge < -0.3 is 37.2 Å². The number of aliphatic imine (C=N–C) groups is 2. The van der Waals surface area contributed by atoms with Crippen molar-refractivity contribution < 1.29 is 9.59 Å². The maximum Gasteiger partial charge on any atom is 0.251 e. The van der Waals surface area contributed by atoms with E-state index in [1.54, 1.807) is 12.1 Å². The molecule has 38 heavy (non-hydrogen) atoms. The number of hydrogen-bond acceptors (Lipinski definition) is 9. The van der Waals surface area contributed by atoms with Gasteiger partial charge in [0.2, 0.25) is 17.8 Å². The van der Waals surface area contributed by atoms with Crippen LogP contribution in [0.2, 0.25) is 0 Å². The Morgan fingerprint density at radius 1 is 1.00 bits per heavy atom. The molecule has 2 aliphatic rings. The molecule has 2 aliphatic heterocycles. The molecule has 4 bridgehead atoms. The number of nitrogens with two attached hydrogens (primary N) is 1. The van der Waals surface area contributed by atoms with Crippen LogP contribution in [0.25, 0.3) is 0 Å². The first kappa shape index (κ1) is 26.8. The number of amides is 2. The Hall–Kier alpha value is -4.22. The third-order valence-electron chi connectivity index (χ3n) is 6.02. The van der Waals surface area contributed by atoms with Gasteiger partial charge >= 0.3 is 0 Å². The first-order valence-electron chi connectivity index (χ1n) is 12.7. The molecule has 11 nitrogen and oxygen atoms in total. The Morgan fingerprint density at radius 3 is 2.55 bits per heavy atom. The highest BCUT2D eigenvalue weighted by Crippen LogP contribution is 2.20. The number of anilines is 3. The first-order chi connectivity index (χ1) is 18.4. The molecule has 2 aromatic carbocycles. The summed E-state index contributed by atoms with van der Waals surface area (Å²) in [6.45, 7) is 1.63. The Bertz CT molecular complexity index is 1270. The van der Waals surface area contributed by atoms with Gasteiger partial charge in [0.05, 0.1) is 0 Å². The fourth-order valence-electron chi connectivity index (χ4n) is 4.03. The zero-order valence-corrected chi connectivity index (χ0v) is 21.8. The average Bonchev–Trinajstić information content (AvgIpc) is 2.88. The van der Waals surface area contributed by atoms with E-state index in [9.17, 15) is 9.59 Å². The Labute approximate surface area is 222 Å². The second kappa shape index (κ2) is 12.8. The fraction of sp³-hybridized carbons (Fsp3) is 0.333. The molecule has 2 aromatic rings. The lowest BCUT2D eigenvalue weighted by Crippen LogP contribution is -2.37. The van der Waals surface area contributed by atoms with Gasteiger partial charge in [0.1, 0.15) is 5.82 Å². The van der Waals surface area contributed by atoms with Crippen molar-refractivity contribution in [3.05, 3.63) is 65.5 Å². The van der Waals surface area contributed by atoms with Crippen molar-refractivity contribution in [2.45, 2.75) is 25.7 Å². The van der Waals surface area contributed by atoms with Gasteiger partial charge in [-0.25, -0.2) is 0 Å². The summed E-state index contributed by atoms with van der Waals surface area (Å²) in [5, 5.41) is 15.6. The number of hydrogen-bond donors (Lipinski definition) is 6. The third kappa shape index (κ3) is 7.64. The Kier molecular flexibility index (Phi) is 9.07. The highest BCUT2D eigenvalue weighted by Gasteiger charge is 2.18. The van der Waals surface area contributed by atoms with E-state index in [2.05, 4.69) is 36.6 Å². The summed E-state index contributed by atoms with van der Waals surface area (Å²) in [6.07, 6.45) is 2.66. The molecule has 0 saturated heterocycles. The topological polar surface area (TPSA) is 148 Å². The number of rotatable bonds is 6. The zero-order valence-electron chi connectivity index (χ0n) is 21.8. The number of likely N-dealkylation sites (N-methyl/N-ethyl adjacent to an activating group) is 1. The predicted octanol–water partition coefficient (Wildman–Crippen LogP) is 2.50. The van der Waals surface area contributed by atoms with Gasteiger partial charge in [-0.3, -0.25) is 9.59 Å². The molecule has 0 fully saturated rings. The van der Waals surface area contributed by atoms with E-state index in [1.165, 1.54) is 0 Å². The zero-order chi connectivity index (χ0) is 26.9. The quantitative estimate of drug-likeness (QED) is 0.345. The first-order valence-corrected chi connectivity index (χ1v) is 12.7. The fourth-order valence-corrected chi connectivity index (χ4v) is 4.03. The molecule has 2 amide bonds. The SMILES string of the molecule is CN(C)CCNC(=O)c1cccc(NC2=NC3=N/C(=C(/CN)CCCCC(=O)Nc4cccc(c4)N3)N2)c1. The van der Waals surface area contributed by atoms with Gasteiger partial charge in [-0.15, -0.1) is 0 Å². The second-order valence-corrected chi connectivity index (χ2v) is 9.40. The van der Waals surface area contributed by atoms with E-state index >= 15 is 0 Å². The molecule has 0 aromatic heterocycles. The lowest BCUT2D eigenvalue weighted by molar-refractivity contribution is -0.116. The van der Waals surface area contributed by atoms with E-state index in [4.69, 9.17) is 5.73 Å². The van der Waals surface area contributed by atoms with Crippen LogP contribution in [-0.4, -0.2) is 62.4 Å². The Balaban J connectivity index is 1.58. The summed E-state index contributed by atoms with van der Waals surface area (Å²) in [5.74, 6) is 1.27.